The molecule has 0 N–H and O–H groups in total. The van der Waals surface area contributed by atoms with Crippen molar-refractivity contribution in [1.29, 1.82) is 0 Å². The summed E-state index contributed by atoms with van der Waals surface area (Å²) in [5, 5.41) is 0. The van der Waals surface area contributed by atoms with E-state index in [1.165, 1.54) is 26.4 Å². The van der Waals surface area contributed by atoms with E-state index in [-0.39, 0.29) is 5.56 Å². The Labute approximate surface area is 101 Å². The molecule has 0 heterocycles. The van der Waals surface area contributed by atoms with Gasteiger partial charge < -0.3 is 9.47 Å². The van der Waals surface area contributed by atoms with Gasteiger partial charge in [-0.15, -0.1) is 0 Å². The quantitative estimate of drug-likeness (QED) is 0.712. The standard InChI is InChI=1S/C13H18F2O2/c1-4-5-8-13(16-2,17-3)11-7-6-10(14)9-12(11)15/h6-7,9H,4-5,8H2,1-3H3. The summed E-state index contributed by atoms with van der Waals surface area (Å²) in [6.07, 6.45) is 2.30. The topological polar surface area (TPSA) is 18.5 Å². The van der Waals surface area contributed by atoms with Gasteiger partial charge in [0.15, 0.2) is 5.79 Å². The summed E-state index contributed by atoms with van der Waals surface area (Å²) < 4.78 is 37.2. The van der Waals surface area contributed by atoms with Crippen molar-refractivity contribution in [3.05, 3.63) is 35.4 Å². The predicted octanol–water partition coefficient (Wildman–Crippen LogP) is 3.60. The maximum Gasteiger partial charge on any atom is 0.197 e. The lowest BCUT2D eigenvalue weighted by atomic mass is 9.99. The van der Waals surface area contributed by atoms with E-state index in [1.807, 2.05) is 6.92 Å². The van der Waals surface area contributed by atoms with Gasteiger partial charge in [-0.1, -0.05) is 13.3 Å². The van der Waals surface area contributed by atoms with Crippen LogP contribution in [0.4, 0.5) is 8.78 Å². The van der Waals surface area contributed by atoms with Crippen LogP contribution in [0.5, 0.6) is 0 Å². The first-order chi connectivity index (χ1) is 8.09. The summed E-state index contributed by atoms with van der Waals surface area (Å²) in [6, 6.07) is 3.42. The first-order valence-corrected chi connectivity index (χ1v) is 5.65. The fourth-order valence-electron chi connectivity index (χ4n) is 1.85. The van der Waals surface area contributed by atoms with Gasteiger partial charge in [-0.05, 0) is 18.6 Å². The molecule has 0 spiro atoms. The maximum absolute atomic E-state index is 13.7. The second-order valence-corrected chi connectivity index (χ2v) is 3.89. The largest absolute Gasteiger partial charge is 0.349 e. The molecule has 0 radical (unpaired) electrons. The van der Waals surface area contributed by atoms with Gasteiger partial charge in [0.2, 0.25) is 0 Å². The van der Waals surface area contributed by atoms with Crippen molar-refractivity contribution >= 4 is 0 Å². The highest BCUT2D eigenvalue weighted by Crippen LogP contribution is 2.33. The Morgan fingerprint density at radius 3 is 2.29 bits per heavy atom. The molecule has 1 aromatic rings. The zero-order chi connectivity index (χ0) is 12.9. The zero-order valence-corrected chi connectivity index (χ0v) is 10.4. The summed E-state index contributed by atoms with van der Waals surface area (Å²) in [5.74, 6) is -2.39. The third-order valence-electron chi connectivity index (χ3n) is 2.86. The number of hydrogen-bond donors (Lipinski definition) is 0. The smallest absolute Gasteiger partial charge is 0.197 e. The monoisotopic (exact) mass is 244 g/mol. The van der Waals surface area contributed by atoms with E-state index in [9.17, 15) is 8.78 Å². The molecule has 0 bridgehead atoms. The number of methoxy groups -OCH3 is 2. The number of rotatable bonds is 6. The van der Waals surface area contributed by atoms with Crippen LogP contribution in [0.15, 0.2) is 18.2 Å². The average molecular weight is 244 g/mol. The van der Waals surface area contributed by atoms with Crippen molar-refractivity contribution < 1.29 is 18.3 Å². The molecule has 0 amide bonds. The molecule has 0 aliphatic carbocycles. The van der Waals surface area contributed by atoms with E-state index in [4.69, 9.17) is 9.47 Å². The van der Waals surface area contributed by atoms with Crippen LogP contribution in [-0.4, -0.2) is 14.2 Å². The minimum absolute atomic E-state index is 0.234. The van der Waals surface area contributed by atoms with E-state index in [2.05, 4.69) is 0 Å². The summed E-state index contributed by atoms with van der Waals surface area (Å²) in [5.41, 5.74) is 0.234. The third-order valence-corrected chi connectivity index (χ3v) is 2.86. The fourth-order valence-corrected chi connectivity index (χ4v) is 1.85. The van der Waals surface area contributed by atoms with E-state index in [1.54, 1.807) is 0 Å². The SMILES string of the molecule is CCCCC(OC)(OC)c1ccc(F)cc1F. The van der Waals surface area contributed by atoms with Crippen molar-refractivity contribution in [3.8, 4) is 0 Å². The molecule has 0 aliphatic heterocycles. The van der Waals surface area contributed by atoms with Gasteiger partial charge in [-0.2, -0.15) is 0 Å². The molecule has 1 aromatic carbocycles. The van der Waals surface area contributed by atoms with Crippen LogP contribution < -0.4 is 0 Å². The van der Waals surface area contributed by atoms with Crippen LogP contribution >= 0.6 is 0 Å². The first-order valence-electron chi connectivity index (χ1n) is 5.65. The number of hydrogen-bond acceptors (Lipinski definition) is 2. The Balaban J connectivity index is 3.11. The molecule has 0 atom stereocenters. The van der Waals surface area contributed by atoms with E-state index < -0.39 is 17.4 Å². The Morgan fingerprint density at radius 1 is 1.18 bits per heavy atom. The molecular formula is C13H18F2O2. The minimum Gasteiger partial charge on any atom is -0.349 e. The van der Waals surface area contributed by atoms with Crippen molar-refractivity contribution in [1.82, 2.24) is 0 Å². The second-order valence-electron chi connectivity index (χ2n) is 3.89. The van der Waals surface area contributed by atoms with Crippen molar-refractivity contribution in [3.63, 3.8) is 0 Å². The van der Waals surface area contributed by atoms with Gasteiger partial charge in [0, 0.05) is 32.3 Å². The zero-order valence-electron chi connectivity index (χ0n) is 10.4. The lowest BCUT2D eigenvalue weighted by Crippen LogP contribution is -2.32. The molecule has 0 fully saturated rings. The Kier molecular flexibility index (Phi) is 5.02. The molecule has 0 unspecified atom stereocenters. The van der Waals surface area contributed by atoms with Crippen LogP contribution in [-0.2, 0) is 15.3 Å². The van der Waals surface area contributed by atoms with Crippen LogP contribution in [0.3, 0.4) is 0 Å². The summed E-state index contributed by atoms with van der Waals surface area (Å²) in [4.78, 5) is 0. The fraction of sp³-hybridized carbons (Fsp3) is 0.538. The van der Waals surface area contributed by atoms with E-state index in [0.29, 0.717) is 6.42 Å². The van der Waals surface area contributed by atoms with Crippen LogP contribution in [0.2, 0.25) is 0 Å². The minimum atomic E-state index is -1.13. The summed E-state index contributed by atoms with van der Waals surface area (Å²) >= 11 is 0. The highest BCUT2D eigenvalue weighted by Gasteiger charge is 2.34. The Hall–Kier alpha value is -1.00. The molecule has 0 aromatic heterocycles. The molecule has 0 saturated heterocycles. The van der Waals surface area contributed by atoms with Crippen LogP contribution in [0, 0.1) is 11.6 Å². The van der Waals surface area contributed by atoms with Gasteiger partial charge in [0.05, 0.1) is 0 Å². The maximum atomic E-state index is 13.7. The van der Waals surface area contributed by atoms with E-state index >= 15 is 0 Å². The van der Waals surface area contributed by atoms with Gasteiger partial charge in [-0.25, -0.2) is 8.78 Å². The van der Waals surface area contributed by atoms with Gasteiger partial charge in [-0.3, -0.25) is 0 Å². The molecule has 2 nitrogen and oxygen atoms in total. The van der Waals surface area contributed by atoms with Gasteiger partial charge >= 0.3 is 0 Å². The van der Waals surface area contributed by atoms with E-state index in [0.717, 1.165) is 18.9 Å². The molecule has 0 aliphatic rings. The lowest BCUT2D eigenvalue weighted by molar-refractivity contribution is -0.222. The van der Waals surface area contributed by atoms with Gasteiger partial charge in [0.25, 0.3) is 0 Å². The predicted molar refractivity (Wildman–Crippen MR) is 61.6 cm³/mol. The molecule has 17 heavy (non-hydrogen) atoms. The normalized spacial score (nSPS) is 11.8. The third kappa shape index (κ3) is 3.01. The average Bonchev–Trinajstić information content (AvgIpc) is 2.32. The lowest BCUT2D eigenvalue weighted by Gasteiger charge is -2.31. The van der Waals surface area contributed by atoms with Crippen molar-refractivity contribution in [2.45, 2.75) is 32.0 Å². The molecule has 1 rings (SSSR count). The summed E-state index contributed by atoms with van der Waals surface area (Å²) in [6.45, 7) is 2.02. The summed E-state index contributed by atoms with van der Waals surface area (Å²) in [7, 11) is 2.92. The number of unbranched alkanes of at least 4 members (excludes halogenated alkanes) is 1. The van der Waals surface area contributed by atoms with Crippen molar-refractivity contribution in [2.75, 3.05) is 14.2 Å². The Bertz CT molecular complexity index is 362. The second kappa shape index (κ2) is 6.07. The highest BCUT2D eigenvalue weighted by molar-refractivity contribution is 5.23. The first kappa shape index (κ1) is 14.1. The number of ether oxygens (including phenoxy) is 2. The molecule has 4 heteroatoms. The molecule has 0 saturated carbocycles. The van der Waals surface area contributed by atoms with Crippen LogP contribution in [0.25, 0.3) is 0 Å². The number of benzene rings is 1. The van der Waals surface area contributed by atoms with Crippen molar-refractivity contribution in [2.24, 2.45) is 0 Å². The molecular weight excluding hydrogens is 226 g/mol. The van der Waals surface area contributed by atoms with Gasteiger partial charge in [0.1, 0.15) is 11.6 Å². The highest BCUT2D eigenvalue weighted by atomic mass is 19.1. The number of halogens is 2. The Morgan fingerprint density at radius 2 is 1.82 bits per heavy atom. The molecule has 96 valence electrons. The van der Waals surface area contributed by atoms with Crippen LogP contribution in [0.1, 0.15) is 31.7 Å².